The third kappa shape index (κ3) is 9.72. The Morgan fingerprint density at radius 1 is 1.04 bits per heavy atom. The van der Waals surface area contributed by atoms with Gasteiger partial charge >= 0.3 is 12.1 Å². The molecule has 1 aliphatic rings. The third-order valence-corrected chi connectivity index (χ3v) is 8.91. The lowest BCUT2D eigenvalue weighted by atomic mass is 9.97. The molecule has 1 fully saturated rings. The molecule has 0 amide bonds. The average Bonchev–Trinajstić information content (AvgIpc) is 3.51. The first-order valence-electron chi connectivity index (χ1n) is 17.9. The fraction of sp³-hybridized carbons (Fsp3) is 0.317. The topological polar surface area (TPSA) is 157 Å². The first-order valence-corrected chi connectivity index (χ1v) is 17.9. The highest BCUT2D eigenvalue weighted by Crippen LogP contribution is 2.30. The molecule has 4 aromatic rings. The lowest BCUT2D eigenvalue weighted by Crippen LogP contribution is -2.40. The van der Waals surface area contributed by atoms with Gasteiger partial charge in [0.1, 0.15) is 6.10 Å². The SMILES string of the molecule is C=C/C=C\C(=C/C)CN(N)/C(=N\N)c1ccccc1-c1ccc(Cn2c(OCC)nc3cccc(C(=O)OC(C)OC(=O)OC4CCCCC4)c32)cc1. The van der Waals surface area contributed by atoms with Crippen molar-refractivity contribution >= 4 is 29.0 Å². The Hall–Kier alpha value is -5.88. The van der Waals surface area contributed by atoms with Crippen molar-refractivity contribution in [2.75, 3.05) is 13.2 Å². The Morgan fingerprint density at radius 2 is 1.77 bits per heavy atom. The monoisotopic (exact) mass is 720 g/mol. The fourth-order valence-electron chi connectivity index (χ4n) is 6.34. The molecule has 0 bridgehead atoms. The summed E-state index contributed by atoms with van der Waals surface area (Å²) >= 11 is 0. The molecule has 1 heterocycles. The summed E-state index contributed by atoms with van der Waals surface area (Å²) in [5, 5.41) is 5.59. The molecule has 12 heteroatoms. The van der Waals surface area contributed by atoms with Gasteiger partial charge in [-0.15, -0.1) is 0 Å². The van der Waals surface area contributed by atoms with Crippen molar-refractivity contribution in [1.82, 2.24) is 14.6 Å². The zero-order valence-electron chi connectivity index (χ0n) is 30.6. The lowest BCUT2D eigenvalue weighted by molar-refractivity contribution is -0.0914. The number of nitrogens with two attached hydrogens (primary N) is 2. The summed E-state index contributed by atoms with van der Waals surface area (Å²) in [6.07, 6.45) is 10.0. The van der Waals surface area contributed by atoms with E-state index in [4.69, 9.17) is 30.6 Å². The summed E-state index contributed by atoms with van der Waals surface area (Å²) in [4.78, 5) is 30.6. The maximum atomic E-state index is 13.5. The number of hydrogen-bond donors (Lipinski definition) is 2. The van der Waals surface area contributed by atoms with Gasteiger partial charge in [-0.05, 0) is 73.9 Å². The number of nitrogens with zero attached hydrogens (tertiary/aromatic N) is 4. The zero-order valence-corrected chi connectivity index (χ0v) is 30.6. The van der Waals surface area contributed by atoms with Crippen LogP contribution in [0.4, 0.5) is 4.79 Å². The number of para-hydroxylation sites is 1. The maximum absolute atomic E-state index is 13.5. The van der Waals surface area contributed by atoms with Gasteiger partial charge in [-0.25, -0.2) is 15.4 Å². The molecular weight excluding hydrogens is 672 g/mol. The van der Waals surface area contributed by atoms with Crippen LogP contribution in [0.15, 0.2) is 108 Å². The molecule has 1 unspecified atom stereocenters. The standard InChI is InChI=1S/C41H48N6O6/c1-5-8-15-29(6-2)27-47(43)38(45-42)34-19-13-12-18-33(34)31-24-22-30(23-25-31)26-46-37-35(20-14-21-36(37)44-40(46)50-7-3)39(48)51-28(4)52-41(49)53-32-16-10-9-11-17-32/h5-6,8,12-15,18-25,28,32H,1,7,9-11,16-17,26-27,42-43H2,2-4H3/b15-8-,29-6+,45-38-. The number of esters is 1. The molecule has 0 aliphatic heterocycles. The van der Waals surface area contributed by atoms with Crippen LogP contribution in [0.5, 0.6) is 6.01 Å². The van der Waals surface area contributed by atoms with Crippen LogP contribution in [-0.4, -0.2) is 58.1 Å². The van der Waals surface area contributed by atoms with Crippen LogP contribution in [0.3, 0.4) is 0 Å². The summed E-state index contributed by atoms with van der Waals surface area (Å²) in [7, 11) is 0. The van der Waals surface area contributed by atoms with E-state index in [-0.39, 0.29) is 11.7 Å². The van der Waals surface area contributed by atoms with Crippen LogP contribution in [-0.2, 0) is 20.8 Å². The summed E-state index contributed by atoms with van der Waals surface area (Å²) < 4.78 is 24.0. The van der Waals surface area contributed by atoms with E-state index in [0.717, 1.165) is 59.9 Å². The highest BCUT2D eigenvalue weighted by atomic mass is 16.8. The summed E-state index contributed by atoms with van der Waals surface area (Å²) in [5.41, 5.74) is 5.84. The lowest BCUT2D eigenvalue weighted by Gasteiger charge is -2.22. The Morgan fingerprint density at radius 3 is 2.47 bits per heavy atom. The molecule has 0 saturated heterocycles. The molecule has 53 heavy (non-hydrogen) atoms. The molecule has 1 aliphatic carbocycles. The van der Waals surface area contributed by atoms with Crippen LogP contribution in [0.1, 0.15) is 74.4 Å². The van der Waals surface area contributed by atoms with Gasteiger partial charge in [-0.2, -0.15) is 10.1 Å². The molecule has 4 N–H and O–H groups in total. The van der Waals surface area contributed by atoms with E-state index in [2.05, 4.69) is 16.7 Å². The number of hydrogen-bond acceptors (Lipinski definition) is 10. The minimum Gasteiger partial charge on any atom is -0.465 e. The van der Waals surface area contributed by atoms with Crippen LogP contribution < -0.4 is 16.4 Å². The van der Waals surface area contributed by atoms with Crippen LogP contribution >= 0.6 is 0 Å². The predicted octanol–water partition coefficient (Wildman–Crippen LogP) is 7.62. The van der Waals surface area contributed by atoms with Gasteiger partial charge in [0.15, 0.2) is 5.84 Å². The van der Waals surface area contributed by atoms with E-state index < -0.39 is 18.4 Å². The number of carbonyl (C=O) groups excluding carboxylic acids is 2. The summed E-state index contributed by atoms with van der Waals surface area (Å²) in [6.45, 7) is 10.1. The van der Waals surface area contributed by atoms with Crippen molar-refractivity contribution in [2.24, 2.45) is 16.8 Å². The minimum absolute atomic E-state index is 0.177. The van der Waals surface area contributed by atoms with Gasteiger partial charge in [0, 0.05) is 12.5 Å². The molecule has 0 spiro atoms. The number of carbonyl (C=O) groups is 2. The van der Waals surface area contributed by atoms with Crippen molar-refractivity contribution < 1.29 is 28.5 Å². The van der Waals surface area contributed by atoms with E-state index in [1.807, 2.05) is 85.2 Å². The average molecular weight is 721 g/mol. The van der Waals surface area contributed by atoms with Crippen molar-refractivity contribution in [2.45, 2.75) is 71.8 Å². The van der Waals surface area contributed by atoms with Crippen LogP contribution in [0.2, 0.25) is 0 Å². The number of amidine groups is 1. The number of fused-ring (bicyclic) bond motifs is 1. The molecule has 12 nitrogen and oxygen atoms in total. The largest absolute Gasteiger partial charge is 0.511 e. The van der Waals surface area contributed by atoms with Crippen LogP contribution in [0.25, 0.3) is 22.2 Å². The number of rotatable bonds is 14. The van der Waals surface area contributed by atoms with E-state index in [9.17, 15) is 9.59 Å². The second-order valence-corrected chi connectivity index (χ2v) is 12.6. The Labute approximate surface area is 310 Å². The molecule has 0 radical (unpaired) electrons. The predicted molar refractivity (Wildman–Crippen MR) is 206 cm³/mol. The number of ether oxygens (including phenoxy) is 4. The van der Waals surface area contributed by atoms with Crippen molar-refractivity contribution in [1.29, 1.82) is 0 Å². The molecule has 3 aromatic carbocycles. The van der Waals surface area contributed by atoms with Gasteiger partial charge in [0.25, 0.3) is 6.01 Å². The fourth-order valence-corrected chi connectivity index (χ4v) is 6.34. The smallest absolute Gasteiger partial charge is 0.465 e. The van der Waals surface area contributed by atoms with E-state index in [1.54, 1.807) is 24.3 Å². The Bertz CT molecular complexity index is 1980. The van der Waals surface area contributed by atoms with Gasteiger partial charge in [-0.1, -0.05) is 91.9 Å². The number of aromatic nitrogens is 2. The van der Waals surface area contributed by atoms with E-state index in [1.165, 1.54) is 11.9 Å². The number of hydrazone groups is 1. The second-order valence-electron chi connectivity index (χ2n) is 12.6. The number of imidazole rings is 1. The van der Waals surface area contributed by atoms with Crippen molar-refractivity contribution in [3.8, 4) is 17.1 Å². The third-order valence-electron chi connectivity index (χ3n) is 8.91. The zero-order chi connectivity index (χ0) is 37.7. The summed E-state index contributed by atoms with van der Waals surface area (Å²) in [6, 6.07) is 21.3. The molecule has 1 atom stereocenters. The first-order chi connectivity index (χ1) is 25.8. The molecule has 5 rings (SSSR count). The second kappa shape index (κ2) is 18.6. The van der Waals surface area contributed by atoms with Gasteiger partial charge in [0.2, 0.25) is 6.29 Å². The maximum Gasteiger partial charge on any atom is 0.511 e. The van der Waals surface area contributed by atoms with E-state index in [0.29, 0.717) is 42.6 Å². The molecule has 1 aromatic heterocycles. The van der Waals surface area contributed by atoms with Gasteiger partial charge in [-0.3, -0.25) is 9.58 Å². The first kappa shape index (κ1) is 38.4. The van der Waals surface area contributed by atoms with Crippen LogP contribution in [0, 0.1) is 0 Å². The van der Waals surface area contributed by atoms with Gasteiger partial charge in [0.05, 0.1) is 36.3 Å². The number of hydrazine groups is 1. The highest BCUT2D eigenvalue weighted by Gasteiger charge is 2.25. The van der Waals surface area contributed by atoms with Crippen molar-refractivity contribution in [3.05, 3.63) is 120 Å². The van der Waals surface area contributed by atoms with E-state index >= 15 is 0 Å². The number of benzene rings is 3. The normalized spacial score (nSPS) is 14.6. The molecule has 1 saturated carbocycles. The minimum atomic E-state index is -1.16. The Kier molecular flexibility index (Phi) is 13.4. The van der Waals surface area contributed by atoms with Crippen molar-refractivity contribution in [3.63, 3.8) is 0 Å². The Balaban J connectivity index is 1.37. The summed E-state index contributed by atoms with van der Waals surface area (Å²) in [5.74, 6) is 12.2. The van der Waals surface area contributed by atoms with Gasteiger partial charge < -0.3 is 24.8 Å². The molecule has 278 valence electrons. The molecular formula is C41H48N6O6. The highest BCUT2D eigenvalue weighted by molar-refractivity contribution is 6.04. The number of allylic oxidation sites excluding steroid dienone is 3. The quantitative estimate of drug-likeness (QED) is 0.0253.